The van der Waals surface area contributed by atoms with Crippen molar-refractivity contribution in [2.45, 2.75) is 6.61 Å². The van der Waals surface area contributed by atoms with Crippen molar-refractivity contribution in [1.82, 2.24) is 5.43 Å². The van der Waals surface area contributed by atoms with Crippen LogP contribution in [0.2, 0.25) is 0 Å². The third kappa shape index (κ3) is 4.98. The van der Waals surface area contributed by atoms with Crippen LogP contribution in [0, 0.1) is 0 Å². The minimum absolute atomic E-state index is 0.190. The lowest BCUT2D eigenvalue weighted by molar-refractivity contribution is 0.0929. The molecule has 4 rings (SSSR count). The predicted molar refractivity (Wildman–Crippen MR) is 124 cm³/mol. The Morgan fingerprint density at radius 3 is 2.60 bits per heavy atom. The molecule has 4 aromatic rings. The lowest BCUT2D eigenvalue weighted by atomic mass is 10.2. The number of nitrogens with zero attached hydrogens (tertiary/aromatic N) is 1. The van der Waals surface area contributed by atoms with Crippen LogP contribution in [0.1, 0.15) is 21.7 Å². The van der Waals surface area contributed by atoms with Gasteiger partial charge in [-0.15, -0.1) is 0 Å². The summed E-state index contributed by atoms with van der Waals surface area (Å²) in [6.45, 7) is 0.435. The maximum atomic E-state index is 12.4. The average molecular weight is 528 g/mol. The Morgan fingerprint density at radius 1 is 1.00 bits per heavy atom. The van der Waals surface area contributed by atoms with Crippen molar-refractivity contribution in [2.24, 2.45) is 5.10 Å². The first-order valence-corrected chi connectivity index (χ1v) is 10.7. The van der Waals surface area contributed by atoms with Crippen LogP contribution in [-0.4, -0.2) is 12.1 Å². The monoisotopic (exact) mass is 526 g/mol. The number of hydrogen-bond acceptors (Lipinski definition) is 4. The first-order valence-electron chi connectivity index (χ1n) is 9.07. The fraction of sp³-hybridized carbons (Fsp3) is 0.0435. The van der Waals surface area contributed by atoms with Gasteiger partial charge in [0.25, 0.3) is 0 Å². The molecule has 0 saturated heterocycles. The normalized spacial score (nSPS) is 11.1. The first kappa shape index (κ1) is 20.4. The van der Waals surface area contributed by atoms with Gasteiger partial charge in [0, 0.05) is 19.9 Å². The smallest absolute Gasteiger partial charge is 0.307 e. The third-order valence-corrected chi connectivity index (χ3v) is 5.27. The largest absolute Gasteiger partial charge is 0.488 e. The molecule has 0 spiro atoms. The van der Waals surface area contributed by atoms with Gasteiger partial charge in [-0.2, -0.15) is 5.10 Å². The molecule has 0 unspecified atom stereocenters. The topological polar surface area (TPSA) is 63.8 Å². The molecular weight excluding hydrogens is 512 g/mol. The molecule has 7 heteroatoms. The molecule has 1 aromatic heterocycles. The quantitative estimate of drug-likeness (QED) is 0.236. The number of hydrazone groups is 1. The molecule has 0 radical (unpaired) electrons. The summed E-state index contributed by atoms with van der Waals surface area (Å²) in [6, 6.07) is 22.7. The summed E-state index contributed by atoms with van der Waals surface area (Å²) in [4.78, 5) is 12.4. The van der Waals surface area contributed by atoms with E-state index in [9.17, 15) is 4.79 Å². The van der Waals surface area contributed by atoms with E-state index < -0.39 is 5.91 Å². The van der Waals surface area contributed by atoms with Gasteiger partial charge in [0.2, 0.25) is 0 Å². The van der Waals surface area contributed by atoms with Crippen LogP contribution in [0.15, 0.2) is 91.3 Å². The summed E-state index contributed by atoms with van der Waals surface area (Å²) in [6.07, 6.45) is 1.54. The third-order valence-electron chi connectivity index (χ3n) is 4.28. The van der Waals surface area contributed by atoms with Crippen LogP contribution in [0.4, 0.5) is 0 Å². The van der Waals surface area contributed by atoms with Crippen molar-refractivity contribution < 1.29 is 13.9 Å². The van der Waals surface area contributed by atoms with E-state index in [1.807, 2.05) is 60.7 Å². The van der Waals surface area contributed by atoms with E-state index in [-0.39, 0.29) is 5.76 Å². The number of amides is 1. The van der Waals surface area contributed by atoms with Crippen molar-refractivity contribution >= 4 is 55.0 Å². The second kappa shape index (κ2) is 9.28. The van der Waals surface area contributed by atoms with Gasteiger partial charge in [-0.25, -0.2) is 5.43 Å². The van der Waals surface area contributed by atoms with E-state index in [1.165, 1.54) is 0 Å². The Bertz CT molecular complexity index is 1220. The predicted octanol–water partition coefficient (Wildman–Crippen LogP) is 6.30. The second-order valence-corrected chi connectivity index (χ2v) is 8.28. The molecule has 5 nitrogen and oxygen atoms in total. The van der Waals surface area contributed by atoms with Crippen molar-refractivity contribution in [3.8, 4) is 5.75 Å². The van der Waals surface area contributed by atoms with E-state index in [2.05, 4.69) is 42.4 Å². The summed E-state index contributed by atoms with van der Waals surface area (Å²) in [5.41, 5.74) is 4.93. The summed E-state index contributed by atoms with van der Waals surface area (Å²) < 4.78 is 13.3. The minimum atomic E-state index is -0.430. The molecular formula is C23H16Br2N2O3. The van der Waals surface area contributed by atoms with Gasteiger partial charge in [-0.1, -0.05) is 62.2 Å². The zero-order chi connectivity index (χ0) is 20.9. The maximum absolute atomic E-state index is 12.4. The highest BCUT2D eigenvalue weighted by molar-refractivity contribution is 9.10. The minimum Gasteiger partial charge on any atom is -0.488 e. The number of nitrogens with one attached hydrogen (secondary N) is 1. The van der Waals surface area contributed by atoms with E-state index in [0.29, 0.717) is 17.9 Å². The number of furan rings is 1. The summed E-state index contributed by atoms with van der Waals surface area (Å²) in [5, 5.41) is 4.90. The summed E-state index contributed by atoms with van der Waals surface area (Å²) in [5.74, 6) is 0.420. The van der Waals surface area contributed by atoms with Crippen molar-refractivity contribution in [2.75, 3.05) is 0 Å². The fourth-order valence-electron chi connectivity index (χ4n) is 2.83. The molecule has 3 aromatic carbocycles. The Morgan fingerprint density at radius 2 is 1.77 bits per heavy atom. The molecule has 0 aliphatic carbocycles. The molecule has 1 heterocycles. The lowest BCUT2D eigenvalue weighted by Crippen LogP contribution is -2.16. The number of halogens is 2. The van der Waals surface area contributed by atoms with Gasteiger partial charge in [-0.05, 0) is 48.0 Å². The molecule has 0 fully saturated rings. The van der Waals surface area contributed by atoms with Gasteiger partial charge < -0.3 is 9.15 Å². The van der Waals surface area contributed by atoms with E-state index in [4.69, 9.17) is 9.15 Å². The molecule has 0 saturated carbocycles. The van der Waals surface area contributed by atoms with Crippen LogP contribution in [0.5, 0.6) is 5.75 Å². The number of carbonyl (C=O) groups is 1. The van der Waals surface area contributed by atoms with Gasteiger partial charge in [0.05, 0.1) is 6.21 Å². The number of carbonyl (C=O) groups excluding carboxylic acids is 1. The molecule has 150 valence electrons. The van der Waals surface area contributed by atoms with Gasteiger partial charge in [0.1, 0.15) is 17.9 Å². The summed E-state index contributed by atoms with van der Waals surface area (Å²) >= 11 is 6.86. The molecule has 0 atom stereocenters. The number of ether oxygens (including phenoxy) is 1. The number of benzene rings is 3. The van der Waals surface area contributed by atoms with Crippen molar-refractivity contribution in [3.05, 3.63) is 98.6 Å². The maximum Gasteiger partial charge on any atom is 0.307 e. The second-order valence-electron chi connectivity index (χ2n) is 6.45. The van der Waals surface area contributed by atoms with Gasteiger partial charge in [0.15, 0.2) is 5.76 Å². The zero-order valence-electron chi connectivity index (χ0n) is 15.6. The number of fused-ring (bicyclic) bond motifs is 1. The highest BCUT2D eigenvalue weighted by Crippen LogP contribution is 2.24. The van der Waals surface area contributed by atoms with Crippen molar-refractivity contribution in [3.63, 3.8) is 0 Å². The average Bonchev–Trinajstić information content (AvgIpc) is 3.17. The zero-order valence-corrected chi connectivity index (χ0v) is 18.8. The first-order chi connectivity index (χ1) is 14.6. The van der Waals surface area contributed by atoms with Gasteiger partial charge >= 0.3 is 5.91 Å². The standard InChI is InChI=1S/C23H16Br2N2O3/c24-18-7-9-21-16(10-18)12-22(30-21)23(28)27-26-13-17-11-19(25)6-8-20(17)29-14-15-4-2-1-3-5-15/h1-13H,14H2,(H,27,28)/b26-13+. The Labute approximate surface area is 190 Å². The highest BCUT2D eigenvalue weighted by Gasteiger charge is 2.12. The molecule has 0 bridgehead atoms. The lowest BCUT2D eigenvalue weighted by Gasteiger charge is -2.09. The molecule has 0 aliphatic heterocycles. The van der Waals surface area contributed by atoms with Crippen LogP contribution >= 0.6 is 31.9 Å². The molecule has 0 aliphatic rings. The SMILES string of the molecule is O=C(N/N=C/c1cc(Br)ccc1OCc1ccccc1)c1cc2cc(Br)ccc2o1. The van der Waals surface area contributed by atoms with Gasteiger partial charge in [-0.3, -0.25) is 4.79 Å². The Hall–Kier alpha value is -2.90. The van der Waals surface area contributed by atoms with E-state index in [0.717, 1.165) is 25.5 Å². The fourth-order valence-corrected chi connectivity index (χ4v) is 3.59. The van der Waals surface area contributed by atoms with Crippen molar-refractivity contribution in [1.29, 1.82) is 0 Å². The highest BCUT2D eigenvalue weighted by atomic mass is 79.9. The van der Waals surface area contributed by atoms with Crippen LogP contribution in [0.25, 0.3) is 11.0 Å². The summed E-state index contributed by atoms with van der Waals surface area (Å²) in [7, 11) is 0. The Balaban J connectivity index is 1.46. The van der Waals surface area contributed by atoms with Crippen LogP contribution in [-0.2, 0) is 6.61 Å². The number of rotatable bonds is 6. The Kier molecular flexibility index (Phi) is 6.30. The van der Waals surface area contributed by atoms with E-state index in [1.54, 1.807) is 18.3 Å². The molecule has 1 N–H and O–H groups in total. The van der Waals surface area contributed by atoms with Crippen LogP contribution in [0.3, 0.4) is 0 Å². The molecule has 1 amide bonds. The number of hydrogen-bond donors (Lipinski definition) is 1. The van der Waals surface area contributed by atoms with E-state index >= 15 is 0 Å². The molecule has 30 heavy (non-hydrogen) atoms. The van der Waals surface area contributed by atoms with Crippen LogP contribution < -0.4 is 10.2 Å².